The van der Waals surface area contributed by atoms with Crippen LogP contribution in [0.15, 0.2) is 24.3 Å². The number of nitrogens with one attached hydrogen (secondary N) is 2. The predicted molar refractivity (Wildman–Crippen MR) is 79.3 cm³/mol. The average molecular weight is 339 g/mol. The largest absolute Gasteiger partial charge is 0.573 e. The molecular weight excluding hydrogens is 321 g/mol. The highest BCUT2D eigenvalue weighted by molar-refractivity contribution is 5.90. The number of anilines is 1. The molecule has 1 saturated heterocycles. The molecule has 2 N–H and O–H groups in total. The van der Waals surface area contributed by atoms with Gasteiger partial charge in [-0.25, -0.2) is 0 Å². The summed E-state index contributed by atoms with van der Waals surface area (Å²) in [7, 11) is 0. The van der Waals surface area contributed by atoms with E-state index in [-0.39, 0.29) is 24.1 Å². The summed E-state index contributed by atoms with van der Waals surface area (Å²) in [4.78, 5) is 11.8. The van der Waals surface area contributed by atoms with E-state index in [4.69, 9.17) is 0 Å². The molecule has 1 atom stereocenters. The zero-order valence-corrected chi connectivity index (χ0v) is 12.6. The standard InChI is InChI=1S/C14H17F3N2O2.ClH/c15-14(16,17)21-12-5-1-3-11(9-12)19-13(20)7-6-10-4-2-8-18-10;/h1,3,5,9-10,18H,2,4,6-8H2,(H,19,20);1H. The van der Waals surface area contributed by atoms with Crippen LogP contribution in [-0.4, -0.2) is 24.9 Å². The summed E-state index contributed by atoms with van der Waals surface area (Å²) >= 11 is 0. The zero-order valence-electron chi connectivity index (χ0n) is 11.8. The number of halogens is 4. The lowest BCUT2D eigenvalue weighted by Crippen LogP contribution is -2.23. The third kappa shape index (κ3) is 6.53. The van der Waals surface area contributed by atoms with Crippen molar-refractivity contribution in [1.29, 1.82) is 0 Å². The van der Waals surface area contributed by atoms with Crippen molar-refractivity contribution in [2.75, 3.05) is 11.9 Å². The lowest BCUT2D eigenvalue weighted by Gasteiger charge is -2.12. The van der Waals surface area contributed by atoms with Crippen molar-refractivity contribution in [2.45, 2.75) is 38.1 Å². The number of carbonyl (C=O) groups is 1. The van der Waals surface area contributed by atoms with Crippen LogP contribution in [0.3, 0.4) is 0 Å². The summed E-state index contributed by atoms with van der Waals surface area (Å²) in [6, 6.07) is 5.62. The first-order chi connectivity index (χ1) is 9.92. The summed E-state index contributed by atoms with van der Waals surface area (Å²) in [6.45, 7) is 0.975. The third-order valence-electron chi connectivity index (χ3n) is 3.23. The highest BCUT2D eigenvalue weighted by Crippen LogP contribution is 2.25. The monoisotopic (exact) mass is 338 g/mol. The van der Waals surface area contributed by atoms with Crippen LogP contribution in [0, 0.1) is 0 Å². The van der Waals surface area contributed by atoms with Gasteiger partial charge in [-0.3, -0.25) is 4.79 Å². The van der Waals surface area contributed by atoms with Crippen LogP contribution in [0.4, 0.5) is 18.9 Å². The first-order valence-corrected chi connectivity index (χ1v) is 6.81. The Kier molecular flexibility index (Phi) is 6.96. The summed E-state index contributed by atoms with van der Waals surface area (Å²) in [5.74, 6) is -0.564. The highest BCUT2D eigenvalue weighted by atomic mass is 35.5. The molecule has 22 heavy (non-hydrogen) atoms. The molecule has 1 aromatic rings. The summed E-state index contributed by atoms with van der Waals surface area (Å²) in [5.41, 5.74) is 0.293. The Morgan fingerprint density at radius 3 is 2.82 bits per heavy atom. The van der Waals surface area contributed by atoms with E-state index in [9.17, 15) is 18.0 Å². The Balaban J connectivity index is 0.00000242. The number of carbonyl (C=O) groups excluding carboxylic acids is 1. The molecule has 1 fully saturated rings. The average Bonchev–Trinajstić information content (AvgIpc) is 2.87. The van der Waals surface area contributed by atoms with E-state index in [1.807, 2.05) is 0 Å². The Bertz CT molecular complexity index is 491. The minimum atomic E-state index is -4.74. The van der Waals surface area contributed by atoms with Gasteiger partial charge in [0.2, 0.25) is 5.91 Å². The van der Waals surface area contributed by atoms with Gasteiger partial charge in [-0.1, -0.05) is 6.07 Å². The highest BCUT2D eigenvalue weighted by Gasteiger charge is 2.31. The topological polar surface area (TPSA) is 50.4 Å². The van der Waals surface area contributed by atoms with Gasteiger partial charge in [0.05, 0.1) is 0 Å². The van der Waals surface area contributed by atoms with Gasteiger partial charge in [0.15, 0.2) is 0 Å². The molecular formula is C14H18ClF3N2O2. The van der Waals surface area contributed by atoms with Gasteiger partial charge in [-0.2, -0.15) is 0 Å². The minimum Gasteiger partial charge on any atom is -0.406 e. The van der Waals surface area contributed by atoms with Crippen LogP contribution in [0.5, 0.6) is 5.75 Å². The Morgan fingerprint density at radius 1 is 1.41 bits per heavy atom. The first-order valence-electron chi connectivity index (χ1n) is 6.81. The molecule has 4 nitrogen and oxygen atoms in total. The minimum absolute atomic E-state index is 0. The Morgan fingerprint density at radius 2 is 2.18 bits per heavy atom. The molecule has 1 aliphatic heterocycles. The van der Waals surface area contributed by atoms with Crippen LogP contribution in [0.2, 0.25) is 0 Å². The van der Waals surface area contributed by atoms with Gasteiger partial charge in [-0.15, -0.1) is 25.6 Å². The Hall–Kier alpha value is -1.47. The van der Waals surface area contributed by atoms with Gasteiger partial charge >= 0.3 is 6.36 Å². The first kappa shape index (κ1) is 18.6. The number of hydrogen-bond acceptors (Lipinski definition) is 3. The summed E-state index contributed by atoms with van der Waals surface area (Å²) in [5, 5.41) is 5.86. The van der Waals surface area contributed by atoms with Crippen molar-refractivity contribution in [3.8, 4) is 5.75 Å². The summed E-state index contributed by atoms with van der Waals surface area (Å²) in [6.07, 6.45) is -1.51. The van der Waals surface area contributed by atoms with E-state index in [0.717, 1.165) is 31.9 Å². The number of amides is 1. The molecule has 0 bridgehead atoms. The van der Waals surface area contributed by atoms with Crippen LogP contribution >= 0.6 is 12.4 Å². The normalized spacial score (nSPS) is 17.7. The van der Waals surface area contributed by atoms with Crippen LogP contribution in [0.1, 0.15) is 25.7 Å². The van der Waals surface area contributed by atoms with Crippen LogP contribution < -0.4 is 15.4 Å². The molecule has 0 aromatic heterocycles. The lowest BCUT2D eigenvalue weighted by molar-refractivity contribution is -0.274. The van der Waals surface area contributed by atoms with Gasteiger partial charge in [0.1, 0.15) is 5.75 Å². The number of rotatable bonds is 5. The summed E-state index contributed by atoms with van der Waals surface area (Å²) < 4.78 is 40.1. The quantitative estimate of drug-likeness (QED) is 0.864. The number of ether oxygens (including phenoxy) is 1. The van der Waals surface area contributed by atoms with Gasteiger partial charge in [0.25, 0.3) is 0 Å². The number of hydrogen-bond donors (Lipinski definition) is 2. The maximum absolute atomic E-state index is 12.1. The Labute approximate surface area is 132 Å². The smallest absolute Gasteiger partial charge is 0.406 e. The van der Waals surface area contributed by atoms with Crippen molar-refractivity contribution >= 4 is 24.0 Å². The molecule has 0 spiro atoms. The second kappa shape index (κ2) is 8.24. The van der Waals surface area contributed by atoms with E-state index >= 15 is 0 Å². The molecule has 1 heterocycles. The van der Waals surface area contributed by atoms with E-state index in [2.05, 4.69) is 15.4 Å². The van der Waals surface area contributed by atoms with Crippen molar-refractivity contribution in [3.05, 3.63) is 24.3 Å². The van der Waals surface area contributed by atoms with E-state index in [0.29, 0.717) is 18.2 Å². The molecule has 1 amide bonds. The van der Waals surface area contributed by atoms with Gasteiger partial charge < -0.3 is 15.4 Å². The van der Waals surface area contributed by atoms with Crippen molar-refractivity contribution < 1.29 is 22.7 Å². The molecule has 0 radical (unpaired) electrons. The number of benzene rings is 1. The fourth-order valence-corrected chi connectivity index (χ4v) is 2.30. The van der Waals surface area contributed by atoms with Crippen molar-refractivity contribution in [1.82, 2.24) is 5.32 Å². The molecule has 1 aliphatic rings. The maximum Gasteiger partial charge on any atom is 0.573 e. The number of alkyl halides is 3. The van der Waals surface area contributed by atoms with E-state index < -0.39 is 6.36 Å². The van der Waals surface area contributed by atoms with Crippen molar-refractivity contribution in [2.24, 2.45) is 0 Å². The molecule has 1 unspecified atom stereocenters. The van der Waals surface area contributed by atoms with Crippen LogP contribution in [-0.2, 0) is 4.79 Å². The lowest BCUT2D eigenvalue weighted by atomic mass is 10.1. The maximum atomic E-state index is 12.1. The molecule has 2 rings (SSSR count). The molecule has 124 valence electrons. The van der Waals surface area contributed by atoms with Gasteiger partial charge in [-0.05, 0) is 37.9 Å². The second-order valence-corrected chi connectivity index (χ2v) is 4.96. The van der Waals surface area contributed by atoms with Crippen LogP contribution in [0.25, 0.3) is 0 Å². The zero-order chi connectivity index (χ0) is 15.3. The van der Waals surface area contributed by atoms with Crippen molar-refractivity contribution in [3.63, 3.8) is 0 Å². The molecule has 0 saturated carbocycles. The fraction of sp³-hybridized carbons (Fsp3) is 0.500. The molecule has 8 heteroatoms. The second-order valence-electron chi connectivity index (χ2n) is 4.96. The molecule has 1 aromatic carbocycles. The SMILES string of the molecule is Cl.O=C(CCC1CCCN1)Nc1cccc(OC(F)(F)F)c1. The van der Waals surface area contributed by atoms with E-state index in [1.165, 1.54) is 18.2 Å². The predicted octanol–water partition coefficient (Wildman–Crippen LogP) is 3.48. The molecule has 0 aliphatic carbocycles. The van der Waals surface area contributed by atoms with E-state index in [1.54, 1.807) is 0 Å². The van der Waals surface area contributed by atoms with Gasteiger partial charge in [0, 0.05) is 24.2 Å². The third-order valence-corrected chi connectivity index (χ3v) is 3.23. The fourth-order valence-electron chi connectivity index (χ4n) is 2.30.